The number of carbonyl (C=O) groups excluding carboxylic acids is 1. The number of esters is 1. The fraction of sp³-hybridized carbons (Fsp3) is 0.588. The summed E-state index contributed by atoms with van der Waals surface area (Å²) in [5.41, 5.74) is 0.755. The first-order valence-corrected chi connectivity index (χ1v) is 8.91. The normalized spacial score (nSPS) is 16.5. The minimum absolute atomic E-state index is 0.0245. The third kappa shape index (κ3) is 8.70. The highest BCUT2D eigenvalue weighted by Crippen LogP contribution is 2.17. The van der Waals surface area contributed by atoms with Crippen molar-refractivity contribution in [2.75, 3.05) is 20.5 Å². The molecular weight excluding hydrogens is 395 g/mol. The number of hydrogen-bond donors (Lipinski definition) is 0. The van der Waals surface area contributed by atoms with E-state index in [0.29, 0.717) is 13.0 Å². The Hall–Kier alpha value is -0.660. The first kappa shape index (κ1) is 19.4. The number of allylic oxidation sites excluding steroid dienone is 2. The van der Waals surface area contributed by atoms with E-state index >= 15 is 0 Å². The van der Waals surface area contributed by atoms with Crippen LogP contribution in [0.5, 0.6) is 0 Å². The molecule has 124 valence electrons. The van der Waals surface area contributed by atoms with Gasteiger partial charge in [-0.15, -0.1) is 0 Å². The van der Waals surface area contributed by atoms with Crippen molar-refractivity contribution < 1.29 is 19.0 Å². The van der Waals surface area contributed by atoms with Crippen LogP contribution in [0.25, 0.3) is 0 Å². The molecule has 0 aliphatic carbocycles. The molecule has 0 radical (unpaired) electrons. The maximum atomic E-state index is 11.4. The van der Waals surface area contributed by atoms with Crippen LogP contribution in [0.3, 0.4) is 0 Å². The number of halogens is 1. The second-order valence-corrected chi connectivity index (χ2v) is 5.77. The highest BCUT2D eigenvalue weighted by molar-refractivity contribution is 14.1. The van der Waals surface area contributed by atoms with Gasteiger partial charge in [0.15, 0.2) is 0 Å². The van der Waals surface area contributed by atoms with E-state index in [-0.39, 0.29) is 18.9 Å². The van der Waals surface area contributed by atoms with E-state index in [1.807, 2.05) is 6.08 Å². The van der Waals surface area contributed by atoms with Crippen LogP contribution >= 0.6 is 22.6 Å². The Labute approximate surface area is 146 Å². The Kier molecular flexibility index (Phi) is 11.3. The van der Waals surface area contributed by atoms with Crippen LogP contribution in [0.2, 0.25) is 0 Å². The van der Waals surface area contributed by atoms with Gasteiger partial charge < -0.3 is 14.2 Å². The van der Waals surface area contributed by atoms with Gasteiger partial charge in [-0.3, -0.25) is 0 Å². The van der Waals surface area contributed by atoms with Gasteiger partial charge in [0.2, 0.25) is 0 Å². The number of carbonyl (C=O) groups is 1. The molecule has 1 heterocycles. The summed E-state index contributed by atoms with van der Waals surface area (Å²) in [6.07, 6.45) is 14.2. The predicted molar refractivity (Wildman–Crippen MR) is 95.8 cm³/mol. The number of methoxy groups -OCH3 is 1. The summed E-state index contributed by atoms with van der Waals surface area (Å²) < 4.78 is 17.6. The third-order valence-corrected chi connectivity index (χ3v) is 3.84. The van der Waals surface area contributed by atoms with Gasteiger partial charge in [-0.1, -0.05) is 40.8 Å². The fourth-order valence-electron chi connectivity index (χ4n) is 2.12. The Morgan fingerprint density at radius 3 is 2.77 bits per heavy atom. The van der Waals surface area contributed by atoms with Crippen molar-refractivity contribution in [2.24, 2.45) is 0 Å². The van der Waals surface area contributed by atoms with E-state index in [1.54, 1.807) is 7.11 Å². The topological polar surface area (TPSA) is 44.8 Å². The largest absolute Gasteiger partial charge is 0.458 e. The molecule has 0 bridgehead atoms. The summed E-state index contributed by atoms with van der Waals surface area (Å²) in [7, 11) is 1.61. The summed E-state index contributed by atoms with van der Waals surface area (Å²) >= 11 is 2.24. The number of rotatable bonds is 12. The van der Waals surface area contributed by atoms with Crippen LogP contribution in [0.4, 0.5) is 0 Å². The lowest BCUT2D eigenvalue weighted by Gasteiger charge is -2.13. The molecule has 22 heavy (non-hydrogen) atoms. The second-order valence-electron chi connectivity index (χ2n) is 5.05. The van der Waals surface area contributed by atoms with Gasteiger partial charge in [0.05, 0.1) is 6.10 Å². The minimum Gasteiger partial charge on any atom is -0.458 e. The average Bonchev–Trinajstić information content (AvgIpc) is 2.93. The molecule has 0 unspecified atom stereocenters. The smallest absolute Gasteiger partial charge is 0.334 e. The van der Waals surface area contributed by atoms with E-state index in [9.17, 15) is 4.79 Å². The van der Waals surface area contributed by atoms with Crippen molar-refractivity contribution in [1.82, 2.24) is 0 Å². The maximum absolute atomic E-state index is 11.4. The maximum Gasteiger partial charge on any atom is 0.334 e. The molecule has 0 saturated heterocycles. The Balaban J connectivity index is 2.28. The molecule has 0 spiro atoms. The van der Waals surface area contributed by atoms with Gasteiger partial charge in [-0.2, -0.15) is 0 Å². The second kappa shape index (κ2) is 12.8. The first-order chi connectivity index (χ1) is 10.8. The highest BCUT2D eigenvalue weighted by Gasteiger charge is 2.17. The molecule has 5 heteroatoms. The zero-order valence-electron chi connectivity index (χ0n) is 13.1. The molecule has 1 aliphatic heterocycles. The van der Waals surface area contributed by atoms with Gasteiger partial charge in [0, 0.05) is 12.7 Å². The predicted octanol–water partition coefficient (Wildman–Crippen LogP) is 4.30. The van der Waals surface area contributed by atoms with Gasteiger partial charge in [-0.25, -0.2) is 4.79 Å². The van der Waals surface area contributed by atoms with E-state index in [1.165, 1.54) is 12.8 Å². The summed E-state index contributed by atoms with van der Waals surface area (Å²) in [6.45, 7) is 0.665. The molecule has 1 aliphatic rings. The lowest BCUT2D eigenvalue weighted by Crippen LogP contribution is -2.13. The van der Waals surface area contributed by atoms with Gasteiger partial charge in [0.1, 0.15) is 13.4 Å². The number of cyclic esters (lactones) is 1. The summed E-state index contributed by atoms with van der Waals surface area (Å²) in [4.78, 5) is 11.4. The minimum atomic E-state index is -0.196. The number of ether oxygens (including phenoxy) is 3. The van der Waals surface area contributed by atoms with Crippen molar-refractivity contribution in [3.05, 3.63) is 34.0 Å². The summed E-state index contributed by atoms with van der Waals surface area (Å²) in [6, 6.07) is 0. The highest BCUT2D eigenvalue weighted by atomic mass is 127. The van der Waals surface area contributed by atoms with Gasteiger partial charge in [0.25, 0.3) is 0 Å². The molecule has 0 aromatic heterocycles. The van der Waals surface area contributed by atoms with E-state index in [2.05, 4.69) is 44.9 Å². The van der Waals surface area contributed by atoms with E-state index in [0.717, 1.165) is 24.8 Å². The molecule has 0 fully saturated rings. The molecule has 0 N–H and O–H groups in total. The molecule has 1 rings (SSSR count). The molecule has 1 atom stereocenters. The number of hydrogen-bond acceptors (Lipinski definition) is 4. The average molecular weight is 420 g/mol. The SMILES string of the molecule is COCO[C@@H](/C=C\CCCC/C=C/I)CCC1=CCOC1=O. The number of unbranched alkanes of at least 4 members (excludes halogenated alkanes) is 3. The van der Waals surface area contributed by atoms with Crippen LogP contribution in [-0.2, 0) is 19.0 Å². The van der Waals surface area contributed by atoms with Crippen molar-refractivity contribution >= 4 is 28.6 Å². The third-order valence-electron chi connectivity index (χ3n) is 3.34. The van der Waals surface area contributed by atoms with Crippen molar-refractivity contribution in [2.45, 2.75) is 44.6 Å². The Bertz CT molecular complexity index is 401. The molecule has 4 nitrogen and oxygen atoms in total. The van der Waals surface area contributed by atoms with Crippen molar-refractivity contribution in [1.29, 1.82) is 0 Å². The van der Waals surface area contributed by atoms with Gasteiger partial charge in [-0.05, 0) is 48.7 Å². The monoisotopic (exact) mass is 420 g/mol. The van der Waals surface area contributed by atoms with E-state index in [4.69, 9.17) is 14.2 Å². The van der Waals surface area contributed by atoms with E-state index < -0.39 is 0 Å². The zero-order chi connectivity index (χ0) is 16.0. The fourth-order valence-corrected chi connectivity index (χ4v) is 2.48. The molecular formula is C17H25IO4. The molecule has 0 saturated carbocycles. The zero-order valence-corrected chi connectivity index (χ0v) is 15.3. The molecule has 0 aromatic rings. The molecule has 0 amide bonds. The lowest BCUT2D eigenvalue weighted by molar-refractivity contribution is -0.136. The van der Waals surface area contributed by atoms with Crippen LogP contribution in [-0.4, -0.2) is 32.6 Å². The Morgan fingerprint density at radius 2 is 2.14 bits per heavy atom. The van der Waals surface area contributed by atoms with Crippen LogP contribution in [0.1, 0.15) is 38.5 Å². The standard InChI is InChI=1S/C17H25IO4/c1-20-14-22-16(8-6-4-2-3-5-7-12-18)10-9-15-11-13-21-17(15)19/h6-8,11-12,16H,2-5,9-10,13-14H2,1H3/b8-6-,12-7+/t16-/m0/s1. The Morgan fingerprint density at radius 1 is 1.36 bits per heavy atom. The van der Waals surface area contributed by atoms with Crippen molar-refractivity contribution in [3.8, 4) is 0 Å². The van der Waals surface area contributed by atoms with Crippen LogP contribution < -0.4 is 0 Å². The van der Waals surface area contributed by atoms with Crippen LogP contribution in [0.15, 0.2) is 34.0 Å². The molecule has 0 aromatic carbocycles. The van der Waals surface area contributed by atoms with Crippen LogP contribution in [0, 0.1) is 0 Å². The lowest BCUT2D eigenvalue weighted by atomic mass is 10.1. The van der Waals surface area contributed by atoms with Crippen molar-refractivity contribution in [3.63, 3.8) is 0 Å². The summed E-state index contributed by atoms with van der Waals surface area (Å²) in [5, 5.41) is 0. The van der Waals surface area contributed by atoms with Gasteiger partial charge >= 0.3 is 5.97 Å². The summed E-state index contributed by atoms with van der Waals surface area (Å²) in [5.74, 6) is -0.196. The first-order valence-electron chi connectivity index (χ1n) is 7.66. The quantitative estimate of drug-likeness (QED) is 0.155.